The van der Waals surface area contributed by atoms with E-state index in [0.29, 0.717) is 18.2 Å². The zero-order chi connectivity index (χ0) is 10.7. The highest BCUT2D eigenvalue weighted by atomic mass is 16.5. The number of ether oxygens (including phenoxy) is 1. The highest BCUT2D eigenvalue weighted by Gasteiger charge is 2.04. The standard InChI is InChI=1S/C11H12N2O2/c1-8-12-13-11(15-8)7-9-4-3-5-10(6-9)14-2/h3-6H,7H2,1-2H3. The molecule has 0 unspecified atom stereocenters. The number of aryl methyl sites for hydroxylation is 1. The highest BCUT2D eigenvalue weighted by molar-refractivity contribution is 5.29. The topological polar surface area (TPSA) is 48.2 Å². The van der Waals surface area contributed by atoms with E-state index in [9.17, 15) is 0 Å². The molecule has 0 N–H and O–H groups in total. The number of hydrogen-bond donors (Lipinski definition) is 0. The van der Waals surface area contributed by atoms with Gasteiger partial charge in [-0.1, -0.05) is 12.1 Å². The molecule has 1 heterocycles. The monoisotopic (exact) mass is 204 g/mol. The van der Waals surface area contributed by atoms with Crippen molar-refractivity contribution in [1.29, 1.82) is 0 Å². The normalized spacial score (nSPS) is 10.3. The van der Waals surface area contributed by atoms with E-state index in [4.69, 9.17) is 9.15 Å². The fraction of sp³-hybridized carbons (Fsp3) is 0.273. The van der Waals surface area contributed by atoms with E-state index < -0.39 is 0 Å². The number of methoxy groups -OCH3 is 1. The maximum absolute atomic E-state index is 5.30. The molecule has 4 heteroatoms. The van der Waals surface area contributed by atoms with Gasteiger partial charge in [0.15, 0.2) is 0 Å². The van der Waals surface area contributed by atoms with Crippen molar-refractivity contribution in [3.8, 4) is 5.75 Å². The molecule has 0 bridgehead atoms. The molecule has 4 nitrogen and oxygen atoms in total. The Hall–Kier alpha value is -1.84. The third kappa shape index (κ3) is 2.34. The van der Waals surface area contributed by atoms with E-state index in [2.05, 4.69) is 10.2 Å². The minimum atomic E-state index is 0.591. The summed E-state index contributed by atoms with van der Waals surface area (Å²) in [4.78, 5) is 0. The Kier molecular flexibility index (Phi) is 2.67. The van der Waals surface area contributed by atoms with E-state index in [1.165, 1.54) is 0 Å². The van der Waals surface area contributed by atoms with Gasteiger partial charge in [-0.25, -0.2) is 0 Å². The first-order chi connectivity index (χ1) is 7.28. The summed E-state index contributed by atoms with van der Waals surface area (Å²) in [7, 11) is 1.65. The van der Waals surface area contributed by atoms with Gasteiger partial charge < -0.3 is 9.15 Å². The first-order valence-corrected chi connectivity index (χ1v) is 4.70. The number of rotatable bonds is 3. The van der Waals surface area contributed by atoms with Gasteiger partial charge in [-0.3, -0.25) is 0 Å². The third-order valence-electron chi connectivity index (χ3n) is 2.06. The van der Waals surface area contributed by atoms with E-state index in [-0.39, 0.29) is 0 Å². The molecule has 0 aliphatic carbocycles. The lowest BCUT2D eigenvalue weighted by molar-refractivity contribution is 0.414. The largest absolute Gasteiger partial charge is 0.497 e. The van der Waals surface area contributed by atoms with Gasteiger partial charge in [-0.05, 0) is 17.7 Å². The SMILES string of the molecule is COc1cccc(Cc2nnc(C)o2)c1. The van der Waals surface area contributed by atoms with Crippen LogP contribution in [0.5, 0.6) is 5.75 Å². The average Bonchev–Trinajstić information content (AvgIpc) is 2.64. The predicted octanol–water partition coefficient (Wildman–Crippen LogP) is 1.98. The van der Waals surface area contributed by atoms with E-state index >= 15 is 0 Å². The summed E-state index contributed by atoms with van der Waals surface area (Å²) in [5.74, 6) is 2.05. The number of benzene rings is 1. The minimum Gasteiger partial charge on any atom is -0.497 e. The van der Waals surface area contributed by atoms with Crippen LogP contribution in [0.4, 0.5) is 0 Å². The highest BCUT2D eigenvalue weighted by Crippen LogP contribution is 2.15. The van der Waals surface area contributed by atoms with Crippen molar-refractivity contribution in [1.82, 2.24) is 10.2 Å². The predicted molar refractivity (Wildman–Crippen MR) is 54.8 cm³/mol. The molecule has 0 atom stereocenters. The molecule has 2 rings (SSSR count). The zero-order valence-corrected chi connectivity index (χ0v) is 8.73. The molecule has 2 aromatic rings. The van der Waals surface area contributed by atoms with Crippen LogP contribution in [0.1, 0.15) is 17.3 Å². The van der Waals surface area contributed by atoms with Crippen LogP contribution in [-0.4, -0.2) is 17.3 Å². The molecule has 0 amide bonds. The van der Waals surface area contributed by atoms with Crippen LogP contribution < -0.4 is 4.74 Å². The van der Waals surface area contributed by atoms with E-state index in [1.807, 2.05) is 24.3 Å². The fourth-order valence-corrected chi connectivity index (χ4v) is 1.37. The van der Waals surface area contributed by atoms with Gasteiger partial charge in [-0.15, -0.1) is 10.2 Å². The van der Waals surface area contributed by atoms with Gasteiger partial charge in [-0.2, -0.15) is 0 Å². The molecule has 1 aromatic heterocycles. The van der Waals surface area contributed by atoms with Crippen molar-refractivity contribution in [2.24, 2.45) is 0 Å². The van der Waals surface area contributed by atoms with Crippen molar-refractivity contribution in [3.05, 3.63) is 41.6 Å². The molecule has 15 heavy (non-hydrogen) atoms. The third-order valence-corrected chi connectivity index (χ3v) is 2.06. The van der Waals surface area contributed by atoms with Crippen LogP contribution in [0.2, 0.25) is 0 Å². The molecule has 0 saturated heterocycles. The Balaban J connectivity index is 2.16. The quantitative estimate of drug-likeness (QED) is 0.767. The molecule has 0 spiro atoms. The summed E-state index contributed by atoms with van der Waals surface area (Å²) >= 11 is 0. The lowest BCUT2D eigenvalue weighted by atomic mass is 10.1. The van der Waals surface area contributed by atoms with Crippen LogP contribution in [0.3, 0.4) is 0 Å². The van der Waals surface area contributed by atoms with Gasteiger partial charge in [0.1, 0.15) is 5.75 Å². The second-order valence-corrected chi connectivity index (χ2v) is 3.24. The lowest BCUT2D eigenvalue weighted by Gasteiger charge is -2.01. The zero-order valence-electron chi connectivity index (χ0n) is 8.73. The Labute approximate surface area is 87.9 Å². The van der Waals surface area contributed by atoms with Gasteiger partial charge in [0.05, 0.1) is 13.5 Å². The average molecular weight is 204 g/mol. The van der Waals surface area contributed by atoms with Crippen LogP contribution in [-0.2, 0) is 6.42 Å². The van der Waals surface area contributed by atoms with Crippen molar-refractivity contribution in [2.75, 3.05) is 7.11 Å². The van der Waals surface area contributed by atoms with Crippen molar-refractivity contribution in [2.45, 2.75) is 13.3 Å². The summed E-state index contributed by atoms with van der Waals surface area (Å²) in [6, 6.07) is 7.81. The molecule has 0 radical (unpaired) electrons. The second-order valence-electron chi connectivity index (χ2n) is 3.24. The Bertz CT molecular complexity index is 451. The molecule has 0 fully saturated rings. The molecule has 1 aromatic carbocycles. The van der Waals surface area contributed by atoms with Gasteiger partial charge in [0.25, 0.3) is 0 Å². The van der Waals surface area contributed by atoms with Gasteiger partial charge >= 0.3 is 0 Å². The van der Waals surface area contributed by atoms with E-state index in [0.717, 1.165) is 11.3 Å². The van der Waals surface area contributed by atoms with Gasteiger partial charge in [0, 0.05) is 6.92 Å². The van der Waals surface area contributed by atoms with E-state index in [1.54, 1.807) is 14.0 Å². The molecular formula is C11H12N2O2. The van der Waals surface area contributed by atoms with Crippen LogP contribution in [0.25, 0.3) is 0 Å². The summed E-state index contributed by atoms with van der Waals surface area (Å²) in [5, 5.41) is 7.72. The lowest BCUT2D eigenvalue weighted by Crippen LogP contribution is -1.90. The Morgan fingerprint density at radius 2 is 2.20 bits per heavy atom. The molecule has 0 aliphatic rings. The Morgan fingerprint density at radius 1 is 1.33 bits per heavy atom. The smallest absolute Gasteiger partial charge is 0.220 e. The number of nitrogens with zero attached hydrogens (tertiary/aromatic N) is 2. The summed E-state index contributed by atoms with van der Waals surface area (Å²) in [6.07, 6.45) is 0.637. The maximum Gasteiger partial charge on any atom is 0.220 e. The second kappa shape index (κ2) is 4.13. The number of hydrogen-bond acceptors (Lipinski definition) is 4. The Morgan fingerprint density at radius 3 is 2.87 bits per heavy atom. The first-order valence-electron chi connectivity index (χ1n) is 4.70. The van der Waals surface area contributed by atoms with Gasteiger partial charge in [0.2, 0.25) is 11.8 Å². The summed E-state index contributed by atoms with van der Waals surface area (Å²) in [5.41, 5.74) is 1.10. The van der Waals surface area contributed by atoms with Crippen LogP contribution >= 0.6 is 0 Å². The molecule has 0 saturated carbocycles. The summed E-state index contributed by atoms with van der Waals surface area (Å²) < 4.78 is 10.4. The van der Waals surface area contributed by atoms with Crippen LogP contribution in [0.15, 0.2) is 28.7 Å². The fourth-order valence-electron chi connectivity index (χ4n) is 1.37. The molecular weight excluding hydrogens is 192 g/mol. The molecule has 0 aliphatic heterocycles. The minimum absolute atomic E-state index is 0.591. The van der Waals surface area contributed by atoms with Crippen molar-refractivity contribution < 1.29 is 9.15 Å². The van der Waals surface area contributed by atoms with Crippen molar-refractivity contribution >= 4 is 0 Å². The first kappa shape index (κ1) is 9.71. The number of aromatic nitrogens is 2. The van der Waals surface area contributed by atoms with Crippen molar-refractivity contribution in [3.63, 3.8) is 0 Å². The maximum atomic E-state index is 5.30. The summed E-state index contributed by atoms with van der Waals surface area (Å²) in [6.45, 7) is 1.78. The van der Waals surface area contributed by atoms with Crippen LogP contribution in [0, 0.1) is 6.92 Å². The molecule has 78 valence electrons.